The third-order valence-electron chi connectivity index (χ3n) is 5.42. The lowest BCUT2D eigenvalue weighted by Gasteiger charge is -2.27. The van der Waals surface area contributed by atoms with E-state index < -0.39 is 0 Å². The van der Waals surface area contributed by atoms with Crippen molar-refractivity contribution in [3.63, 3.8) is 0 Å². The third kappa shape index (κ3) is 3.25. The molecule has 0 amide bonds. The number of Topliss-reactive ketones (excluding diaryl/α,β-unsaturated/α-hetero) is 1. The Morgan fingerprint density at radius 3 is 2.62 bits per heavy atom. The minimum atomic E-state index is -0.118. The summed E-state index contributed by atoms with van der Waals surface area (Å²) >= 11 is 0. The van der Waals surface area contributed by atoms with Gasteiger partial charge in [0.05, 0.1) is 24.2 Å². The molecule has 1 saturated heterocycles. The average molecular weight is 350 g/mol. The fourth-order valence-electron chi connectivity index (χ4n) is 3.77. The second kappa shape index (κ2) is 6.96. The minimum Gasteiger partial charge on any atom is -0.507 e. The van der Waals surface area contributed by atoms with Gasteiger partial charge in [-0.3, -0.25) is 4.79 Å². The van der Waals surface area contributed by atoms with Gasteiger partial charge in [-0.05, 0) is 42.5 Å². The fraction of sp³-hybridized carbons (Fsp3) is 0.318. The second-order valence-corrected chi connectivity index (χ2v) is 7.40. The number of ketones is 1. The van der Waals surface area contributed by atoms with Crippen molar-refractivity contribution in [1.82, 2.24) is 0 Å². The predicted octanol–water partition coefficient (Wildman–Crippen LogP) is 2.82. The number of allylic oxidation sites excluding steroid dienone is 1. The zero-order valence-corrected chi connectivity index (χ0v) is 15.0. The van der Waals surface area contributed by atoms with Crippen LogP contribution in [0.2, 0.25) is 0 Å². The number of fused-ring (bicyclic) bond motifs is 1. The van der Waals surface area contributed by atoms with Gasteiger partial charge in [0.1, 0.15) is 12.3 Å². The molecule has 2 aliphatic heterocycles. The zero-order valence-electron chi connectivity index (χ0n) is 15.0. The Kier molecular flexibility index (Phi) is 4.51. The van der Waals surface area contributed by atoms with Crippen LogP contribution in [0.25, 0.3) is 6.08 Å². The molecule has 4 rings (SSSR count). The number of hydrogen-bond acceptors (Lipinski definition) is 3. The molecule has 0 unspecified atom stereocenters. The Morgan fingerprint density at radius 2 is 1.88 bits per heavy atom. The molecule has 1 fully saturated rings. The minimum absolute atomic E-state index is 0.118. The van der Waals surface area contributed by atoms with Crippen LogP contribution in [0.5, 0.6) is 11.5 Å². The highest BCUT2D eigenvalue weighted by atomic mass is 16.5. The summed E-state index contributed by atoms with van der Waals surface area (Å²) in [5, 5.41) is 10.4. The highest BCUT2D eigenvalue weighted by Gasteiger charge is 2.33. The van der Waals surface area contributed by atoms with E-state index in [0.717, 1.165) is 30.1 Å². The van der Waals surface area contributed by atoms with E-state index in [-0.39, 0.29) is 11.5 Å². The number of benzene rings is 2. The second-order valence-electron chi connectivity index (χ2n) is 7.40. The van der Waals surface area contributed by atoms with Crippen molar-refractivity contribution in [1.29, 1.82) is 0 Å². The van der Waals surface area contributed by atoms with Gasteiger partial charge in [0.15, 0.2) is 11.5 Å². The van der Waals surface area contributed by atoms with E-state index in [1.807, 2.05) is 30.3 Å². The van der Waals surface area contributed by atoms with Crippen LogP contribution in [0.1, 0.15) is 41.3 Å². The first-order chi connectivity index (χ1) is 12.6. The van der Waals surface area contributed by atoms with Crippen molar-refractivity contribution in [3.8, 4) is 11.5 Å². The number of quaternary nitrogens is 1. The highest BCUT2D eigenvalue weighted by molar-refractivity contribution is 6.14. The predicted molar refractivity (Wildman–Crippen MR) is 100 cm³/mol. The van der Waals surface area contributed by atoms with Gasteiger partial charge in [0.2, 0.25) is 5.78 Å². The quantitative estimate of drug-likeness (QED) is 0.837. The summed E-state index contributed by atoms with van der Waals surface area (Å²) < 4.78 is 5.94. The molecule has 0 saturated carbocycles. The number of carbonyl (C=O) groups is 1. The Labute approximate surface area is 153 Å². The molecular weight excluding hydrogens is 326 g/mol. The van der Waals surface area contributed by atoms with E-state index in [4.69, 9.17) is 4.74 Å². The molecule has 2 heterocycles. The van der Waals surface area contributed by atoms with E-state index in [2.05, 4.69) is 6.92 Å². The maximum atomic E-state index is 12.7. The van der Waals surface area contributed by atoms with Gasteiger partial charge in [0, 0.05) is 0 Å². The maximum absolute atomic E-state index is 12.7. The van der Waals surface area contributed by atoms with Gasteiger partial charge in [-0.15, -0.1) is 0 Å². The summed E-state index contributed by atoms with van der Waals surface area (Å²) in [7, 11) is 0. The smallest absolute Gasteiger partial charge is 0.231 e. The van der Waals surface area contributed by atoms with Gasteiger partial charge in [-0.1, -0.05) is 37.3 Å². The van der Waals surface area contributed by atoms with E-state index in [0.29, 0.717) is 23.6 Å². The lowest BCUT2D eigenvalue weighted by molar-refractivity contribution is -0.919. The molecule has 0 radical (unpaired) electrons. The number of phenols is 1. The number of ether oxygens (including phenoxy) is 1. The van der Waals surface area contributed by atoms with Crippen LogP contribution in [-0.2, 0) is 6.54 Å². The van der Waals surface area contributed by atoms with Crippen molar-refractivity contribution in [2.75, 3.05) is 13.1 Å². The number of likely N-dealkylation sites (tertiary alicyclic amines) is 1. The molecule has 0 aliphatic carbocycles. The average Bonchev–Trinajstić information content (AvgIpc) is 2.96. The van der Waals surface area contributed by atoms with Crippen LogP contribution in [0.3, 0.4) is 0 Å². The molecule has 4 nitrogen and oxygen atoms in total. The van der Waals surface area contributed by atoms with E-state index >= 15 is 0 Å². The van der Waals surface area contributed by atoms with Gasteiger partial charge >= 0.3 is 0 Å². The molecule has 2 N–H and O–H groups in total. The van der Waals surface area contributed by atoms with E-state index in [1.165, 1.54) is 17.7 Å². The van der Waals surface area contributed by atoms with E-state index in [9.17, 15) is 9.90 Å². The van der Waals surface area contributed by atoms with Gasteiger partial charge < -0.3 is 14.7 Å². The molecular formula is C22H24NO3+. The van der Waals surface area contributed by atoms with Crippen LogP contribution in [0.4, 0.5) is 0 Å². The number of nitrogens with one attached hydrogen (secondary N) is 1. The summed E-state index contributed by atoms with van der Waals surface area (Å²) in [5.41, 5.74) is 2.21. The number of piperidine rings is 1. The monoisotopic (exact) mass is 350 g/mol. The lowest BCUT2D eigenvalue weighted by atomic mass is 9.98. The van der Waals surface area contributed by atoms with Crippen LogP contribution >= 0.6 is 0 Å². The van der Waals surface area contributed by atoms with Gasteiger partial charge in [0.25, 0.3) is 0 Å². The third-order valence-corrected chi connectivity index (χ3v) is 5.42. The van der Waals surface area contributed by atoms with Crippen molar-refractivity contribution in [2.24, 2.45) is 5.92 Å². The summed E-state index contributed by atoms with van der Waals surface area (Å²) in [6, 6.07) is 12.9. The highest BCUT2D eigenvalue weighted by Crippen LogP contribution is 2.39. The molecule has 134 valence electrons. The van der Waals surface area contributed by atoms with Crippen molar-refractivity contribution < 1.29 is 19.5 Å². The first-order valence-electron chi connectivity index (χ1n) is 9.29. The Morgan fingerprint density at radius 1 is 1.15 bits per heavy atom. The molecule has 2 aromatic carbocycles. The first-order valence-corrected chi connectivity index (χ1v) is 9.29. The number of phenolic OH excluding ortho intramolecular Hbond substituents is 1. The van der Waals surface area contributed by atoms with Crippen molar-refractivity contribution >= 4 is 11.9 Å². The standard InChI is InChI=1S/C22H23NO3/c1-15-9-11-23(12-10-15)14-18-19(24)8-7-17-21(25)20(26-22(17)18)13-16-5-3-2-4-6-16/h2-8,13,15,24H,9-12,14H2,1H3/p+1/b20-13-. The fourth-order valence-corrected chi connectivity index (χ4v) is 3.77. The molecule has 0 atom stereocenters. The molecule has 2 aromatic rings. The van der Waals surface area contributed by atoms with Crippen molar-refractivity contribution in [2.45, 2.75) is 26.3 Å². The van der Waals surface area contributed by atoms with E-state index in [1.54, 1.807) is 18.2 Å². The van der Waals surface area contributed by atoms with Crippen molar-refractivity contribution in [3.05, 3.63) is 64.9 Å². The number of carbonyl (C=O) groups excluding carboxylic acids is 1. The molecule has 0 aromatic heterocycles. The van der Waals surface area contributed by atoms with Gasteiger partial charge in [-0.2, -0.15) is 0 Å². The topological polar surface area (TPSA) is 51.0 Å². The molecule has 4 heteroatoms. The van der Waals surface area contributed by atoms with Crippen LogP contribution in [0, 0.1) is 5.92 Å². The SMILES string of the molecule is CC1CC[NH+](Cc2c(O)ccc3c2O/C(=C\c2ccccc2)C3=O)CC1. The summed E-state index contributed by atoms with van der Waals surface area (Å²) in [4.78, 5) is 14.2. The molecule has 26 heavy (non-hydrogen) atoms. The number of rotatable bonds is 3. The first kappa shape index (κ1) is 16.9. The number of aromatic hydroxyl groups is 1. The van der Waals surface area contributed by atoms with Crippen LogP contribution in [0.15, 0.2) is 48.2 Å². The molecule has 0 spiro atoms. The summed E-state index contributed by atoms with van der Waals surface area (Å²) in [6.07, 6.45) is 4.16. The number of hydrogen-bond donors (Lipinski definition) is 2. The zero-order chi connectivity index (χ0) is 18.1. The Bertz CT molecular complexity index is 849. The Balaban J connectivity index is 1.62. The van der Waals surface area contributed by atoms with Crippen LogP contribution < -0.4 is 9.64 Å². The Hall–Kier alpha value is -2.59. The molecule has 0 bridgehead atoms. The van der Waals surface area contributed by atoms with Gasteiger partial charge in [-0.25, -0.2) is 0 Å². The lowest BCUT2D eigenvalue weighted by Crippen LogP contribution is -3.11. The molecule has 2 aliphatic rings. The summed E-state index contributed by atoms with van der Waals surface area (Å²) in [5.74, 6) is 1.71. The van der Waals surface area contributed by atoms with Crippen LogP contribution in [-0.4, -0.2) is 24.0 Å². The summed E-state index contributed by atoms with van der Waals surface area (Å²) in [6.45, 7) is 5.15. The largest absolute Gasteiger partial charge is 0.507 e. The normalized spacial score (nSPS) is 23.7. The maximum Gasteiger partial charge on any atom is 0.231 e.